The van der Waals surface area contributed by atoms with Gasteiger partial charge in [0, 0.05) is 0 Å². The van der Waals surface area contributed by atoms with Crippen LogP contribution in [0.25, 0.3) is 6.08 Å². The smallest absolute Gasteiger partial charge is 0.315 e. The molecule has 0 amide bonds. The molecule has 0 radical (unpaired) electrons. The van der Waals surface area contributed by atoms with Gasteiger partial charge in [-0.3, -0.25) is 0 Å². The molecule has 2 nitrogen and oxygen atoms in total. The molecule has 0 saturated carbocycles. The summed E-state index contributed by atoms with van der Waals surface area (Å²) in [7, 11) is -2.44. The highest BCUT2D eigenvalue weighted by Gasteiger charge is 2.60. The summed E-state index contributed by atoms with van der Waals surface area (Å²) in [6.07, 6.45) is -0.0943. The molecule has 2 aromatic rings. The van der Waals surface area contributed by atoms with Crippen molar-refractivity contribution >= 4 is 14.4 Å². The SMILES string of the molecule is CC(C)(C)[Si](C)(C)O[C@H]1/C(=C/c2ccccc2)O[C@@H](CCc2ccccc2)C1(F)F. The Morgan fingerprint density at radius 1 is 1.00 bits per heavy atom. The second kappa shape index (κ2) is 8.64. The quantitative estimate of drug-likeness (QED) is 0.456. The standard InChI is InChI=1S/C25H32F2O2Si/c1-24(2,3)30(4,5)29-23-21(18-20-14-10-7-11-15-20)28-22(25(23,26)27)17-16-19-12-8-6-9-13-19/h6-15,18,22-23H,16-17H2,1-5H3/b21-18-/t22-,23-/m0/s1. The van der Waals surface area contributed by atoms with E-state index in [0.717, 1.165) is 11.1 Å². The van der Waals surface area contributed by atoms with Crippen molar-refractivity contribution in [1.82, 2.24) is 0 Å². The summed E-state index contributed by atoms with van der Waals surface area (Å²) in [5.74, 6) is -2.86. The molecule has 2 aromatic carbocycles. The highest BCUT2D eigenvalue weighted by Crippen LogP contribution is 2.47. The van der Waals surface area contributed by atoms with Crippen LogP contribution in [0.15, 0.2) is 66.4 Å². The van der Waals surface area contributed by atoms with E-state index in [1.54, 1.807) is 6.08 Å². The lowest BCUT2D eigenvalue weighted by Gasteiger charge is -2.39. The summed E-state index contributed by atoms with van der Waals surface area (Å²) in [4.78, 5) is 0. The average molecular weight is 431 g/mol. The fourth-order valence-corrected chi connectivity index (χ4v) is 4.50. The van der Waals surface area contributed by atoms with Gasteiger partial charge in [-0.25, -0.2) is 0 Å². The maximum atomic E-state index is 15.6. The van der Waals surface area contributed by atoms with E-state index in [1.165, 1.54) is 0 Å². The Kier molecular flexibility index (Phi) is 6.53. The predicted molar refractivity (Wildman–Crippen MR) is 121 cm³/mol. The van der Waals surface area contributed by atoms with Crippen LogP contribution >= 0.6 is 0 Å². The number of halogens is 2. The normalized spacial score (nSPS) is 22.8. The van der Waals surface area contributed by atoms with Crippen molar-refractivity contribution in [3.8, 4) is 0 Å². The summed E-state index contributed by atoms with van der Waals surface area (Å²) in [5.41, 5.74) is 1.86. The van der Waals surface area contributed by atoms with Crippen LogP contribution in [0.3, 0.4) is 0 Å². The molecule has 1 heterocycles. The average Bonchev–Trinajstić information content (AvgIpc) is 2.90. The van der Waals surface area contributed by atoms with Crippen LogP contribution in [0.4, 0.5) is 8.78 Å². The molecule has 0 aromatic heterocycles. The largest absolute Gasteiger partial charge is 0.485 e. The Bertz CT molecular complexity index is 858. The minimum atomic E-state index is -3.09. The molecule has 0 spiro atoms. The Balaban J connectivity index is 1.89. The van der Waals surface area contributed by atoms with Gasteiger partial charge in [-0.15, -0.1) is 0 Å². The fraction of sp³-hybridized carbons (Fsp3) is 0.440. The Labute approximate surface area is 180 Å². The van der Waals surface area contributed by atoms with E-state index in [9.17, 15) is 0 Å². The van der Waals surface area contributed by atoms with Crippen molar-refractivity contribution in [3.63, 3.8) is 0 Å². The number of benzene rings is 2. The van der Waals surface area contributed by atoms with E-state index in [-0.39, 0.29) is 17.2 Å². The van der Waals surface area contributed by atoms with Crippen LogP contribution in [0.2, 0.25) is 18.1 Å². The molecule has 5 heteroatoms. The van der Waals surface area contributed by atoms with E-state index >= 15 is 8.78 Å². The molecule has 3 rings (SSSR count). The van der Waals surface area contributed by atoms with Gasteiger partial charge in [-0.1, -0.05) is 81.4 Å². The van der Waals surface area contributed by atoms with Crippen LogP contribution < -0.4 is 0 Å². The maximum Gasteiger partial charge on any atom is 0.315 e. The van der Waals surface area contributed by atoms with E-state index in [4.69, 9.17) is 9.16 Å². The predicted octanol–water partition coefficient (Wildman–Crippen LogP) is 7.08. The number of hydrogen-bond donors (Lipinski definition) is 0. The first-order chi connectivity index (χ1) is 14.0. The molecule has 0 unspecified atom stereocenters. The first kappa shape index (κ1) is 22.7. The van der Waals surface area contributed by atoms with Crippen LogP contribution in [0.5, 0.6) is 0 Å². The van der Waals surface area contributed by atoms with Crippen molar-refractivity contribution in [3.05, 3.63) is 77.5 Å². The lowest BCUT2D eigenvalue weighted by molar-refractivity contribution is -0.109. The first-order valence-electron chi connectivity index (χ1n) is 10.5. The van der Waals surface area contributed by atoms with Gasteiger partial charge in [-0.2, -0.15) is 8.78 Å². The Morgan fingerprint density at radius 2 is 1.57 bits per heavy atom. The fourth-order valence-electron chi connectivity index (χ4n) is 3.29. The number of rotatable bonds is 6. The van der Waals surface area contributed by atoms with Gasteiger partial charge < -0.3 is 9.16 Å². The van der Waals surface area contributed by atoms with Crippen molar-refractivity contribution in [2.75, 3.05) is 0 Å². The molecule has 1 aliphatic rings. The Hall–Kier alpha value is -1.98. The van der Waals surface area contributed by atoms with Crippen LogP contribution in [0.1, 0.15) is 38.3 Å². The molecule has 1 aliphatic heterocycles. The van der Waals surface area contributed by atoms with E-state index in [2.05, 4.69) is 20.8 Å². The molecular weight excluding hydrogens is 398 g/mol. The topological polar surface area (TPSA) is 18.5 Å². The zero-order chi connectivity index (χ0) is 22.0. The monoisotopic (exact) mass is 430 g/mol. The number of hydrogen-bond acceptors (Lipinski definition) is 2. The minimum Gasteiger partial charge on any atom is -0.485 e. The van der Waals surface area contributed by atoms with Crippen LogP contribution in [-0.2, 0) is 15.6 Å². The third-order valence-corrected chi connectivity index (χ3v) is 10.6. The van der Waals surface area contributed by atoms with Gasteiger partial charge >= 0.3 is 5.92 Å². The second-order valence-corrected chi connectivity index (χ2v) is 14.3. The van der Waals surface area contributed by atoms with Crippen LogP contribution in [-0.4, -0.2) is 26.4 Å². The van der Waals surface area contributed by atoms with Gasteiger partial charge in [0.25, 0.3) is 0 Å². The summed E-state index contributed by atoms with van der Waals surface area (Å²) in [6, 6.07) is 19.1. The zero-order valence-corrected chi connectivity index (χ0v) is 19.5. The summed E-state index contributed by atoms with van der Waals surface area (Å²) < 4.78 is 43.3. The highest BCUT2D eigenvalue weighted by molar-refractivity contribution is 6.74. The summed E-state index contributed by atoms with van der Waals surface area (Å²) in [6.45, 7) is 10.2. The molecule has 30 heavy (non-hydrogen) atoms. The van der Waals surface area contributed by atoms with E-state index in [0.29, 0.717) is 6.42 Å². The van der Waals surface area contributed by atoms with Crippen molar-refractivity contribution in [1.29, 1.82) is 0 Å². The van der Waals surface area contributed by atoms with Crippen molar-refractivity contribution in [2.24, 2.45) is 0 Å². The second-order valence-electron chi connectivity index (χ2n) is 9.52. The minimum absolute atomic E-state index is 0.178. The maximum absolute atomic E-state index is 15.6. The zero-order valence-electron chi connectivity index (χ0n) is 18.5. The molecule has 0 aliphatic carbocycles. The summed E-state index contributed by atoms with van der Waals surface area (Å²) >= 11 is 0. The lowest BCUT2D eigenvalue weighted by Crippen LogP contribution is -2.50. The number of aryl methyl sites for hydroxylation is 1. The summed E-state index contributed by atoms with van der Waals surface area (Å²) in [5, 5.41) is -0.178. The highest BCUT2D eigenvalue weighted by atomic mass is 28.4. The van der Waals surface area contributed by atoms with Crippen molar-refractivity contribution < 1.29 is 17.9 Å². The first-order valence-corrected chi connectivity index (χ1v) is 13.4. The molecule has 2 atom stereocenters. The van der Waals surface area contributed by atoms with Crippen molar-refractivity contribution in [2.45, 2.75) is 69.9 Å². The molecule has 1 saturated heterocycles. The number of ether oxygens (including phenoxy) is 1. The molecule has 162 valence electrons. The van der Waals surface area contributed by atoms with Gasteiger partial charge in [0.05, 0.1) is 0 Å². The third-order valence-electron chi connectivity index (χ3n) is 6.18. The van der Waals surface area contributed by atoms with E-state index < -0.39 is 26.4 Å². The molecule has 0 N–H and O–H groups in total. The third kappa shape index (κ3) is 5.01. The van der Waals surface area contributed by atoms with Gasteiger partial charge in [0.2, 0.25) is 0 Å². The lowest BCUT2D eigenvalue weighted by atomic mass is 10.0. The van der Waals surface area contributed by atoms with Gasteiger partial charge in [-0.05, 0) is 48.2 Å². The molecule has 1 fully saturated rings. The van der Waals surface area contributed by atoms with E-state index in [1.807, 2.05) is 73.8 Å². The van der Waals surface area contributed by atoms with Gasteiger partial charge in [0.1, 0.15) is 5.76 Å². The Morgan fingerprint density at radius 3 is 2.13 bits per heavy atom. The number of alkyl halides is 2. The molecular formula is C25H32F2O2Si. The van der Waals surface area contributed by atoms with Gasteiger partial charge in [0.15, 0.2) is 20.5 Å². The molecule has 0 bridgehead atoms. The van der Waals surface area contributed by atoms with Crippen LogP contribution in [0, 0.1) is 0 Å².